The number of hydrogen-bond donors (Lipinski definition) is 1. The first-order valence-corrected chi connectivity index (χ1v) is 10.2. The van der Waals surface area contributed by atoms with E-state index >= 15 is 0 Å². The minimum Gasteiger partial charge on any atom is -0.496 e. The zero-order chi connectivity index (χ0) is 21.5. The molecule has 1 fully saturated rings. The van der Waals surface area contributed by atoms with Crippen LogP contribution in [0.15, 0.2) is 28.8 Å². The minimum absolute atomic E-state index is 0.0948. The van der Waals surface area contributed by atoms with Gasteiger partial charge in [0, 0.05) is 12.6 Å². The highest BCUT2D eigenvalue weighted by molar-refractivity contribution is 6.02. The molecule has 1 heterocycles. The third-order valence-electron chi connectivity index (χ3n) is 5.36. The van der Waals surface area contributed by atoms with Crippen molar-refractivity contribution < 1.29 is 23.6 Å². The van der Waals surface area contributed by atoms with E-state index in [-0.39, 0.29) is 18.4 Å². The fourth-order valence-corrected chi connectivity index (χ4v) is 3.90. The van der Waals surface area contributed by atoms with E-state index in [1.165, 1.54) is 20.6 Å². The van der Waals surface area contributed by atoms with Crippen LogP contribution in [0, 0.1) is 12.8 Å². The number of nitrogens with zero attached hydrogens (tertiary/aromatic N) is 2. The maximum absolute atomic E-state index is 13.5. The number of carbonyl (C=O) groups is 2. The van der Waals surface area contributed by atoms with Gasteiger partial charge in [0.25, 0.3) is 5.91 Å². The number of amides is 2. The molecule has 0 radical (unpaired) electrons. The van der Waals surface area contributed by atoms with Gasteiger partial charge in [-0.05, 0) is 37.8 Å². The van der Waals surface area contributed by atoms with Crippen molar-refractivity contribution in [3.05, 3.63) is 35.6 Å². The zero-order valence-electron chi connectivity index (χ0n) is 17.8. The van der Waals surface area contributed by atoms with Crippen molar-refractivity contribution in [2.24, 2.45) is 5.92 Å². The van der Waals surface area contributed by atoms with Crippen LogP contribution in [0.5, 0.6) is 11.5 Å². The van der Waals surface area contributed by atoms with Crippen LogP contribution in [0.3, 0.4) is 0 Å². The van der Waals surface area contributed by atoms with Crippen molar-refractivity contribution in [1.29, 1.82) is 0 Å². The lowest BCUT2D eigenvalue weighted by Crippen LogP contribution is -2.41. The standard InChI is InChI=1S/C22H29N3O5/c1-15-12-19(24-30-15)23-20(26)14-25(13-16-8-5-4-6-9-16)22(27)21-17(28-2)10-7-11-18(21)29-3/h7,10-12,16H,4-6,8-9,13-14H2,1-3H3,(H,23,24,26). The van der Waals surface area contributed by atoms with Gasteiger partial charge in [-0.15, -0.1) is 0 Å². The van der Waals surface area contributed by atoms with Gasteiger partial charge in [0.15, 0.2) is 5.82 Å². The van der Waals surface area contributed by atoms with Crippen LogP contribution in [-0.2, 0) is 4.79 Å². The Kier molecular flexibility index (Phi) is 7.32. The quantitative estimate of drug-likeness (QED) is 0.707. The van der Waals surface area contributed by atoms with E-state index in [0.717, 1.165) is 25.7 Å². The number of methoxy groups -OCH3 is 2. The molecule has 3 rings (SSSR count). The van der Waals surface area contributed by atoms with Crippen molar-refractivity contribution >= 4 is 17.6 Å². The van der Waals surface area contributed by atoms with Gasteiger partial charge >= 0.3 is 0 Å². The summed E-state index contributed by atoms with van der Waals surface area (Å²) in [5.74, 6) is 1.51. The van der Waals surface area contributed by atoms with Gasteiger partial charge in [0.1, 0.15) is 29.4 Å². The third kappa shape index (κ3) is 5.31. The lowest BCUT2D eigenvalue weighted by Gasteiger charge is -2.30. The second kappa shape index (κ2) is 10.1. The highest BCUT2D eigenvalue weighted by atomic mass is 16.5. The lowest BCUT2D eigenvalue weighted by molar-refractivity contribution is -0.117. The fourth-order valence-electron chi connectivity index (χ4n) is 3.90. The number of aromatic nitrogens is 1. The molecule has 1 N–H and O–H groups in total. The Morgan fingerprint density at radius 3 is 2.40 bits per heavy atom. The maximum Gasteiger partial charge on any atom is 0.261 e. The lowest BCUT2D eigenvalue weighted by atomic mass is 9.89. The number of rotatable bonds is 8. The number of hydrogen-bond acceptors (Lipinski definition) is 6. The summed E-state index contributed by atoms with van der Waals surface area (Å²) in [7, 11) is 3.02. The normalized spacial score (nSPS) is 14.2. The number of benzene rings is 1. The van der Waals surface area contributed by atoms with Crippen LogP contribution in [0.2, 0.25) is 0 Å². The minimum atomic E-state index is -0.332. The molecule has 0 atom stereocenters. The van der Waals surface area contributed by atoms with Crippen molar-refractivity contribution in [1.82, 2.24) is 10.1 Å². The smallest absolute Gasteiger partial charge is 0.261 e. The Bertz CT molecular complexity index is 851. The van der Waals surface area contributed by atoms with Gasteiger partial charge in [-0.1, -0.05) is 30.5 Å². The summed E-state index contributed by atoms with van der Waals surface area (Å²) in [4.78, 5) is 27.8. The molecular formula is C22H29N3O5. The van der Waals surface area contributed by atoms with E-state index < -0.39 is 0 Å². The van der Waals surface area contributed by atoms with Gasteiger partial charge in [-0.2, -0.15) is 0 Å². The molecule has 2 amide bonds. The highest BCUT2D eigenvalue weighted by Crippen LogP contribution is 2.31. The van der Waals surface area contributed by atoms with Crippen LogP contribution < -0.4 is 14.8 Å². The van der Waals surface area contributed by atoms with Gasteiger partial charge in [0.05, 0.1) is 14.2 Å². The molecule has 1 aliphatic carbocycles. The molecule has 1 aromatic heterocycles. The summed E-state index contributed by atoms with van der Waals surface area (Å²) >= 11 is 0. The molecule has 8 nitrogen and oxygen atoms in total. The topological polar surface area (TPSA) is 93.9 Å². The molecule has 8 heteroatoms. The first-order chi connectivity index (χ1) is 14.5. The molecule has 0 aliphatic heterocycles. The molecule has 0 spiro atoms. The molecule has 1 saturated carbocycles. The molecule has 0 saturated heterocycles. The summed E-state index contributed by atoms with van der Waals surface area (Å²) in [5, 5.41) is 6.48. The van der Waals surface area contributed by atoms with Crippen molar-refractivity contribution in [3.8, 4) is 11.5 Å². The Labute approximate surface area is 176 Å². The van der Waals surface area contributed by atoms with Crippen LogP contribution in [0.4, 0.5) is 5.82 Å². The SMILES string of the molecule is COc1cccc(OC)c1C(=O)N(CC(=O)Nc1cc(C)on1)CC1CCCCC1. The number of anilines is 1. The number of aryl methyl sites for hydroxylation is 1. The van der Waals surface area contributed by atoms with E-state index in [4.69, 9.17) is 14.0 Å². The van der Waals surface area contributed by atoms with E-state index in [2.05, 4.69) is 10.5 Å². The largest absolute Gasteiger partial charge is 0.496 e. The highest BCUT2D eigenvalue weighted by Gasteiger charge is 2.28. The predicted octanol–water partition coefficient (Wildman–Crippen LogP) is 3.66. The average molecular weight is 415 g/mol. The van der Waals surface area contributed by atoms with Crippen molar-refractivity contribution in [2.45, 2.75) is 39.0 Å². The Morgan fingerprint density at radius 2 is 1.83 bits per heavy atom. The van der Waals surface area contributed by atoms with Crippen molar-refractivity contribution in [3.63, 3.8) is 0 Å². The van der Waals surface area contributed by atoms with Crippen LogP contribution in [0.25, 0.3) is 0 Å². The molecule has 30 heavy (non-hydrogen) atoms. The van der Waals surface area contributed by atoms with Gasteiger partial charge < -0.3 is 24.2 Å². The summed E-state index contributed by atoms with van der Waals surface area (Å²) in [5.41, 5.74) is 0.323. The Hall–Kier alpha value is -3.03. The van der Waals surface area contributed by atoms with Gasteiger partial charge in [-0.3, -0.25) is 9.59 Å². The van der Waals surface area contributed by atoms with E-state index in [1.807, 2.05) is 0 Å². The molecule has 162 valence electrons. The third-order valence-corrected chi connectivity index (χ3v) is 5.36. The summed E-state index contributed by atoms with van der Waals surface area (Å²) in [6.45, 7) is 2.16. The second-order valence-corrected chi connectivity index (χ2v) is 7.60. The fraction of sp³-hybridized carbons (Fsp3) is 0.500. The first kappa shape index (κ1) is 21.7. The predicted molar refractivity (Wildman–Crippen MR) is 112 cm³/mol. The van der Waals surface area contributed by atoms with Crippen LogP contribution >= 0.6 is 0 Å². The Balaban J connectivity index is 1.83. The van der Waals surface area contributed by atoms with Gasteiger partial charge in [-0.25, -0.2) is 0 Å². The van der Waals surface area contributed by atoms with Gasteiger partial charge in [0.2, 0.25) is 5.91 Å². The summed E-state index contributed by atoms with van der Waals surface area (Å²) in [6, 6.07) is 6.83. The molecule has 1 aromatic carbocycles. The average Bonchev–Trinajstić information content (AvgIpc) is 3.17. The molecule has 0 bridgehead atoms. The summed E-state index contributed by atoms with van der Waals surface area (Å²) in [6.07, 6.45) is 5.62. The summed E-state index contributed by atoms with van der Waals surface area (Å²) < 4.78 is 15.8. The van der Waals surface area contributed by atoms with E-state index in [1.54, 1.807) is 36.1 Å². The number of carbonyl (C=O) groups excluding carboxylic acids is 2. The maximum atomic E-state index is 13.5. The first-order valence-electron chi connectivity index (χ1n) is 10.2. The molecule has 0 unspecified atom stereocenters. The second-order valence-electron chi connectivity index (χ2n) is 7.60. The number of nitrogens with one attached hydrogen (secondary N) is 1. The van der Waals surface area contributed by atoms with Crippen LogP contribution in [-0.4, -0.2) is 49.2 Å². The Morgan fingerprint density at radius 1 is 1.17 bits per heavy atom. The number of ether oxygens (including phenoxy) is 2. The molecular weight excluding hydrogens is 386 g/mol. The van der Waals surface area contributed by atoms with E-state index in [0.29, 0.717) is 41.1 Å². The monoisotopic (exact) mass is 415 g/mol. The van der Waals surface area contributed by atoms with Crippen LogP contribution in [0.1, 0.15) is 48.2 Å². The molecule has 1 aliphatic rings. The zero-order valence-corrected chi connectivity index (χ0v) is 17.8. The molecule has 2 aromatic rings. The van der Waals surface area contributed by atoms with E-state index in [9.17, 15) is 9.59 Å². The van der Waals surface area contributed by atoms with Crippen molar-refractivity contribution in [2.75, 3.05) is 32.6 Å².